The van der Waals surface area contributed by atoms with Crippen molar-refractivity contribution in [2.24, 2.45) is 12.8 Å². The minimum atomic E-state index is -5.08. The summed E-state index contributed by atoms with van der Waals surface area (Å²) in [6.07, 6.45) is -1.93. The van der Waals surface area contributed by atoms with Crippen LogP contribution in [0.2, 0.25) is 0 Å². The molecule has 6 N–H and O–H groups in total. The highest BCUT2D eigenvalue weighted by atomic mass is 19.4. The normalized spacial score (nSPS) is 10.8. The van der Waals surface area contributed by atoms with Crippen molar-refractivity contribution in [1.29, 1.82) is 0 Å². The fourth-order valence-electron chi connectivity index (χ4n) is 2.39. The number of carboxylic acid groups (broad SMARTS) is 1. The Balaban J connectivity index is 0.000000479. The first kappa shape index (κ1) is 25.1. The van der Waals surface area contributed by atoms with Gasteiger partial charge in [-0.1, -0.05) is 0 Å². The Labute approximate surface area is 183 Å². The molecular formula is C17H20F3N9O4. The van der Waals surface area contributed by atoms with Crippen molar-refractivity contribution in [3.63, 3.8) is 0 Å². The second kappa shape index (κ2) is 10.4. The number of alkyl halides is 3. The Bertz CT molecular complexity index is 1160. The van der Waals surface area contributed by atoms with Crippen LogP contribution < -0.4 is 21.7 Å². The SMILES string of the molecule is CNC(=O)c1nn(C)cc1NC(=O)c1ccc2cnc(NCCN)nn12.O=C(O)C(F)(F)F. The van der Waals surface area contributed by atoms with E-state index in [2.05, 4.69) is 31.1 Å². The van der Waals surface area contributed by atoms with Crippen molar-refractivity contribution in [3.05, 3.63) is 35.9 Å². The van der Waals surface area contributed by atoms with Crippen LogP contribution in [0.15, 0.2) is 24.5 Å². The molecule has 33 heavy (non-hydrogen) atoms. The second-order valence-corrected chi connectivity index (χ2v) is 6.25. The summed E-state index contributed by atoms with van der Waals surface area (Å²) in [7, 11) is 3.16. The maximum absolute atomic E-state index is 12.7. The van der Waals surface area contributed by atoms with Gasteiger partial charge >= 0.3 is 12.1 Å². The molecule has 0 aromatic carbocycles. The van der Waals surface area contributed by atoms with Crippen molar-refractivity contribution in [1.82, 2.24) is 29.7 Å². The van der Waals surface area contributed by atoms with Gasteiger partial charge < -0.3 is 26.8 Å². The van der Waals surface area contributed by atoms with Crippen LogP contribution in [0.3, 0.4) is 0 Å². The molecule has 0 aliphatic rings. The summed E-state index contributed by atoms with van der Waals surface area (Å²) in [4.78, 5) is 37.6. The lowest BCUT2D eigenvalue weighted by Crippen LogP contribution is -2.22. The van der Waals surface area contributed by atoms with Crippen LogP contribution in [-0.2, 0) is 11.8 Å². The number of aryl methyl sites for hydroxylation is 1. The monoisotopic (exact) mass is 471 g/mol. The molecule has 0 spiro atoms. The molecule has 0 aliphatic carbocycles. The van der Waals surface area contributed by atoms with Crippen LogP contribution in [0.5, 0.6) is 0 Å². The standard InChI is InChI=1S/C15H19N9O2.C2HF3O2/c1-17-14(26)12-10(8-23(2)21-12)20-13(25)11-4-3-9-7-19-15(18-6-5-16)22-24(9)11;3-2(4,5)1(6)7/h3-4,7-8H,5-6,16H2,1-2H3,(H,17,26)(H,18,22)(H,20,25);(H,6,7). The number of amides is 2. The Hall–Kier alpha value is -4.21. The van der Waals surface area contributed by atoms with E-state index < -0.39 is 24.0 Å². The number of hydrogen-bond donors (Lipinski definition) is 5. The van der Waals surface area contributed by atoms with Gasteiger partial charge in [0, 0.05) is 33.4 Å². The van der Waals surface area contributed by atoms with Gasteiger partial charge in [-0.25, -0.2) is 14.3 Å². The van der Waals surface area contributed by atoms with Gasteiger partial charge in [0.25, 0.3) is 11.8 Å². The van der Waals surface area contributed by atoms with Gasteiger partial charge in [-0.05, 0) is 12.1 Å². The predicted molar refractivity (Wildman–Crippen MR) is 109 cm³/mol. The lowest BCUT2D eigenvalue weighted by atomic mass is 10.3. The van der Waals surface area contributed by atoms with E-state index in [0.717, 1.165) is 0 Å². The van der Waals surface area contributed by atoms with E-state index in [-0.39, 0.29) is 5.69 Å². The van der Waals surface area contributed by atoms with E-state index in [1.165, 1.54) is 16.2 Å². The Morgan fingerprint density at radius 3 is 2.42 bits per heavy atom. The average molecular weight is 471 g/mol. The molecule has 0 saturated carbocycles. The third kappa shape index (κ3) is 6.39. The average Bonchev–Trinajstić information content (AvgIpc) is 3.34. The number of nitrogens with one attached hydrogen (secondary N) is 3. The third-order valence-electron chi connectivity index (χ3n) is 3.82. The zero-order valence-corrected chi connectivity index (χ0v) is 17.3. The lowest BCUT2D eigenvalue weighted by Gasteiger charge is -2.07. The molecule has 0 bridgehead atoms. The van der Waals surface area contributed by atoms with Gasteiger partial charge in [-0.2, -0.15) is 18.3 Å². The minimum absolute atomic E-state index is 0.129. The van der Waals surface area contributed by atoms with E-state index in [1.54, 1.807) is 31.6 Å². The van der Waals surface area contributed by atoms with Gasteiger partial charge in [-0.15, -0.1) is 5.10 Å². The molecule has 16 heteroatoms. The van der Waals surface area contributed by atoms with Gasteiger partial charge in [0.1, 0.15) is 5.69 Å². The quantitative estimate of drug-likeness (QED) is 0.332. The number of rotatable bonds is 6. The summed E-state index contributed by atoms with van der Waals surface area (Å²) < 4.78 is 34.7. The van der Waals surface area contributed by atoms with Crippen LogP contribution in [0.1, 0.15) is 21.0 Å². The van der Waals surface area contributed by atoms with Crippen LogP contribution in [-0.4, -0.2) is 73.6 Å². The summed E-state index contributed by atoms with van der Waals surface area (Å²) in [6.45, 7) is 0.948. The highest BCUT2D eigenvalue weighted by Crippen LogP contribution is 2.16. The summed E-state index contributed by atoms with van der Waals surface area (Å²) in [5.74, 6) is -3.21. The smallest absolute Gasteiger partial charge is 0.475 e. The molecule has 0 radical (unpaired) electrons. The van der Waals surface area contributed by atoms with E-state index >= 15 is 0 Å². The van der Waals surface area contributed by atoms with E-state index in [0.29, 0.717) is 35.9 Å². The van der Waals surface area contributed by atoms with Crippen molar-refractivity contribution < 1.29 is 32.7 Å². The molecule has 178 valence electrons. The largest absolute Gasteiger partial charge is 0.490 e. The summed E-state index contributed by atoms with van der Waals surface area (Å²) in [5, 5.41) is 23.6. The molecule has 0 saturated heterocycles. The first-order valence-electron chi connectivity index (χ1n) is 9.13. The molecule has 0 aliphatic heterocycles. The van der Waals surface area contributed by atoms with E-state index in [1.807, 2.05) is 0 Å². The predicted octanol–water partition coefficient (Wildman–Crippen LogP) is 0.0786. The number of aliphatic carboxylic acids is 1. The van der Waals surface area contributed by atoms with Crippen molar-refractivity contribution in [3.8, 4) is 0 Å². The first-order valence-corrected chi connectivity index (χ1v) is 9.13. The molecule has 2 amide bonds. The molecule has 13 nitrogen and oxygen atoms in total. The van der Waals surface area contributed by atoms with Crippen molar-refractivity contribution in [2.75, 3.05) is 30.8 Å². The number of carbonyl (C=O) groups is 3. The highest BCUT2D eigenvalue weighted by Gasteiger charge is 2.38. The number of nitrogens with zero attached hydrogens (tertiary/aromatic N) is 5. The number of nitrogens with two attached hydrogens (primary N) is 1. The lowest BCUT2D eigenvalue weighted by molar-refractivity contribution is -0.192. The molecule has 3 heterocycles. The fourth-order valence-corrected chi connectivity index (χ4v) is 2.39. The molecule has 3 rings (SSSR count). The van der Waals surface area contributed by atoms with Crippen LogP contribution >= 0.6 is 0 Å². The van der Waals surface area contributed by atoms with Crippen LogP contribution in [0, 0.1) is 0 Å². The number of halogens is 3. The molecular weight excluding hydrogens is 451 g/mol. The zero-order chi connectivity index (χ0) is 24.8. The molecule has 3 aromatic heterocycles. The second-order valence-electron chi connectivity index (χ2n) is 6.25. The van der Waals surface area contributed by atoms with E-state index in [9.17, 15) is 22.8 Å². The number of hydrogen-bond acceptors (Lipinski definition) is 8. The number of carboxylic acids is 1. The van der Waals surface area contributed by atoms with Crippen LogP contribution in [0.25, 0.3) is 5.52 Å². The number of anilines is 2. The van der Waals surface area contributed by atoms with Crippen molar-refractivity contribution in [2.45, 2.75) is 6.18 Å². The first-order chi connectivity index (χ1) is 15.5. The van der Waals surface area contributed by atoms with Gasteiger partial charge in [0.15, 0.2) is 5.69 Å². The molecule has 3 aromatic rings. The maximum atomic E-state index is 12.7. The topological polar surface area (TPSA) is 182 Å². The fraction of sp³-hybridized carbons (Fsp3) is 0.294. The minimum Gasteiger partial charge on any atom is -0.475 e. The zero-order valence-electron chi connectivity index (χ0n) is 17.3. The number of aromatic nitrogens is 5. The summed E-state index contributed by atoms with van der Waals surface area (Å²) in [6, 6.07) is 3.35. The Morgan fingerprint density at radius 1 is 1.18 bits per heavy atom. The maximum Gasteiger partial charge on any atom is 0.490 e. The highest BCUT2D eigenvalue weighted by molar-refractivity contribution is 6.07. The van der Waals surface area contributed by atoms with Crippen molar-refractivity contribution >= 4 is 34.9 Å². The summed E-state index contributed by atoms with van der Waals surface area (Å²) in [5.41, 5.74) is 6.85. The third-order valence-corrected chi connectivity index (χ3v) is 3.82. The van der Waals surface area contributed by atoms with Gasteiger partial charge in [0.2, 0.25) is 5.95 Å². The molecule has 0 unspecified atom stereocenters. The summed E-state index contributed by atoms with van der Waals surface area (Å²) >= 11 is 0. The number of carbonyl (C=O) groups excluding carboxylic acids is 2. The van der Waals surface area contributed by atoms with Crippen LogP contribution in [0.4, 0.5) is 24.8 Å². The van der Waals surface area contributed by atoms with Gasteiger partial charge in [-0.3, -0.25) is 14.3 Å². The van der Waals surface area contributed by atoms with Gasteiger partial charge in [0.05, 0.1) is 17.4 Å². The Kier molecular flexibility index (Phi) is 7.90. The molecule has 0 fully saturated rings. The Morgan fingerprint density at radius 2 is 1.85 bits per heavy atom. The number of fused-ring (bicyclic) bond motifs is 1. The molecule has 0 atom stereocenters. The van der Waals surface area contributed by atoms with E-state index in [4.69, 9.17) is 15.6 Å².